The standard InChI is InChI=1S/C22H15Cl3F6N2O2/c1-11(19(34)32-10-21(26,27)28)33-20(35)13-5-2-12(3-6-13)4-7-15(22(29,30)31)14-8-16(23)18(25)17(24)9-14/h2-3,5-9H,1,4,10H2,(H,32,34)(H,33,35). The van der Waals surface area contributed by atoms with Gasteiger partial charge in [0.25, 0.3) is 11.8 Å². The van der Waals surface area contributed by atoms with Gasteiger partial charge >= 0.3 is 12.4 Å². The van der Waals surface area contributed by atoms with Crippen LogP contribution in [0.3, 0.4) is 0 Å². The average Bonchev–Trinajstić information content (AvgIpc) is 2.74. The fourth-order valence-electron chi connectivity index (χ4n) is 2.67. The van der Waals surface area contributed by atoms with Crippen LogP contribution >= 0.6 is 34.8 Å². The lowest BCUT2D eigenvalue weighted by atomic mass is 10.0. The summed E-state index contributed by atoms with van der Waals surface area (Å²) in [7, 11) is 0. The molecule has 13 heteroatoms. The number of hydrogen-bond donors (Lipinski definition) is 2. The van der Waals surface area contributed by atoms with Gasteiger partial charge in [0.15, 0.2) is 0 Å². The lowest BCUT2D eigenvalue weighted by Gasteiger charge is -2.14. The van der Waals surface area contributed by atoms with Crippen LogP contribution in [0.2, 0.25) is 15.1 Å². The quantitative estimate of drug-likeness (QED) is 0.224. The molecule has 2 aromatic rings. The van der Waals surface area contributed by atoms with Gasteiger partial charge in [0.2, 0.25) is 0 Å². The molecule has 0 saturated heterocycles. The maximum absolute atomic E-state index is 13.6. The number of allylic oxidation sites excluding steroid dienone is 2. The fourth-order valence-corrected chi connectivity index (χ4v) is 3.27. The van der Waals surface area contributed by atoms with E-state index < -0.39 is 42.0 Å². The summed E-state index contributed by atoms with van der Waals surface area (Å²) in [6, 6.07) is 7.35. The van der Waals surface area contributed by atoms with Gasteiger partial charge in [-0.15, -0.1) is 0 Å². The van der Waals surface area contributed by atoms with E-state index in [4.69, 9.17) is 34.8 Å². The predicted octanol–water partition coefficient (Wildman–Crippen LogP) is 6.76. The number of amides is 2. The Morgan fingerprint density at radius 3 is 1.94 bits per heavy atom. The lowest BCUT2D eigenvalue weighted by Crippen LogP contribution is -2.39. The maximum Gasteiger partial charge on any atom is 0.416 e. The second-order valence-corrected chi connectivity index (χ2v) is 8.19. The van der Waals surface area contributed by atoms with Gasteiger partial charge in [-0.3, -0.25) is 9.59 Å². The Hall–Kier alpha value is -2.69. The van der Waals surface area contributed by atoms with Crippen molar-refractivity contribution in [1.29, 1.82) is 0 Å². The van der Waals surface area contributed by atoms with Crippen molar-refractivity contribution in [2.45, 2.75) is 18.8 Å². The maximum atomic E-state index is 13.6. The Morgan fingerprint density at radius 2 is 1.46 bits per heavy atom. The monoisotopic (exact) mass is 558 g/mol. The molecule has 2 aromatic carbocycles. The summed E-state index contributed by atoms with van der Waals surface area (Å²) >= 11 is 17.5. The molecule has 2 N–H and O–H groups in total. The van der Waals surface area contributed by atoms with Crippen LogP contribution in [0.1, 0.15) is 21.5 Å². The van der Waals surface area contributed by atoms with E-state index in [2.05, 4.69) is 6.58 Å². The predicted molar refractivity (Wildman–Crippen MR) is 121 cm³/mol. The summed E-state index contributed by atoms with van der Waals surface area (Å²) in [5, 5.41) is 3.23. The molecule has 0 fully saturated rings. The summed E-state index contributed by atoms with van der Waals surface area (Å²) in [5.41, 5.74) is -1.50. The highest BCUT2D eigenvalue weighted by atomic mass is 35.5. The fraction of sp³-hybridized carbons (Fsp3) is 0.182. The first-order valence-corrected chi connectivity index (χ1v) is 10.6. The van der Waals surface area contributed by atoms with Crippen molar-refractivity contribution >= 4 is 52.2 Å². The van der Waals surface area contributed by atoms with Crippen LogP contribution in [0.15, 0.2) is 54.8 Å². The van der Waals surface area contributed by atoms with Gasteiger partial charge in [0.05, 0.1) is 26.3 Å². The van der Waals surface area contributed by atoms with Crippen LogP contribution in [0, 0.1) is 0 Å². The molecule has 0 bridgehead atoms. The van der Waals surface area contributed by atoms with Crippen LogP contribution in [0.25, 0.3) is 5.57 Å². The smallest absolute Gasteiger partial charge is 0.342 e. The van der Waals surface area contributed by atoms with Gasteiger partial charge in [-0.25, -0.2) is 0 Å². The number of rotatable bonds is 7. The molecule has 0 radical (unpaired) electrons. The molecule has 0 atom stereocenters. The highest BCUT2D eigenvalue weighted by molar-refractivity contribution is 6.48. The zero-order valence-corrected chi connectivity index (χ0v) is 19.6. The van der Waals surface area contributed by atoms with Crippen molar-refractivity contribution < 1.29 is 35.9 Å². The first-order chi connectivity index (χ1) is 16.1. The molecule has 0 aliphatic heterocycles. The number of nitrogens with one attached hydrogen (secondary N) is 2. The van der Waals surface area contributed by atoms with E-state index in [0.29, 0.717) is 5.56 Å². The van der Waals surface area contributed by atoms with E-state index in [1.807, 2.05) is 5.32 Å². The molecule has 0 saturated carbocycles. The number of alkyl halides is 6. The Kier molecular flexibility index (Phi) is 9.27. The first-order valence-electron chi connectivity index (χ1n) is 9.45. The van der Waals surface area contributed by atoms with Crippen molar-refractivity contribution in [2.75, 3.05) is 6.54 Å². The van der Waals surface area contributed by atoms with Crippen molar-refractivity contribution in [2.24, 2.45) is 0 Å². The van der Waals surface area contributed by atoms with E-state index in [1.54, 1.807) is 5.32 Å². The van der Waals surface area contributed by atoms with Crippen molar-refractivity contribution in [3.63, 3.8) is 0 Å². The number of benzene rings is 2. The summed E-state index contributed by atoms with van der Waals surface area (Å²) in [6.45, 7) is 1.60. The molecule has 35 heavy (non-hydrogen) atoms. The van der Waals surface area contributed by atoms with Gasteiger partial charge in [-0.2, -0.15) is 26.3 Å². The van der Waals surface area contributed by atoms with Crippen LogP contribution in [0.5, 0.6) is 0 Å². The highest BCUT2D eigenvalue weighted by Crippen LogP contribution is 2.39. The minimum Gasteiger partial charge on any atom is -0.342 e. The van der Waals surface area contributed by atoms with Gasteiger partial charge in [-0.05, 0) is 41.8 Å². The second kappa shape index (κ2) is 11.4. The number of halogens is 9. The third kappa shape index (κ3) is 8.48. The normalized spacial score (nSPS) is 12.3. The summed E-state index contributed by atoms with van der Waals surface area (Å²) in [5.74, 6) is -2.07. The molecule has 0 spiro atoms. The zero-order valence-electron chi connectivity index (χ0n) is 17.4. The van der Waals surface area contributed by atoms with Crippen molar-refractivity contribution in [3.05, 3.63) is 86.5 Å². The van der Waals surface area contributed by atoms with E-state index >= 15 is 0 Å². The molecular formula is C22H15Cl3F6N2O2. The Labute approximate surface area is 210 Å². The molecule has 0 aliphatic carbocycles. The van der Waals surface area contributed by atoms with Crippen molar-refractivity contribution in [1.82, 2.24) is 10.6 Å². The van der Waals surface area contributed by atoms with E-state index in [-0.39, 0.29) is 32.6 Å². The molecule has 0 heterocycles. The summed E-state index contributed by atoms with van der Waals surface area (Å²) in [4.78, 5) is 23.7. The average molecular weight is 560 g/mol. The van der Waals surface area contributed by atoms with E-state index in [9.17, 15) is 35.9 Å². The number of carbonyl (C=O) groups is 2. The third-order valence-electron chi connectivity index (χ3n) is 4.35. The SMILES string of the molecule is C=C(NC(=O)c1ccc(CC=C(c2cc(Cl)c(Cl)c(Cl)c2)C(F)(F)F)cc1)C(=O)NCC(F)(F)F. The number of carbonyl (C=O) groups excluding carboxylic acids is 2. The highest BCUT2D eigenvalue weighted by Gasteiger charge is 2.35. The van der Waals surface area contributed by atoms with Gasteiger partial charge in [-0.1, -0.05) is 59.6 Å². The first kappa shape index (κ1) is 28.5. The Bertz CT molecular complexity index is 1140. The van der Waals surface area contributed by atoms with E-state index in [1.165, 1.54) is 24.3 Å². The van der Waals surface area contributed by atoms with Gasteiger partial charge < -0.3 is 10.6 Å². The lowest BCUT2D eigenvalue weighted by molar-refractivity contribution is -0.136. The summed E-state index contributed by atoms with van der Waals surface area (Å²) < 4.78 is 77.3. The van der Waals surface area contributed by atoms with Gasteiger partial charge in [0.1, 0.15) is 6.54 Å². The third-order valence-corrected chi connectivity index (χ3v) is 5.54. The van der Waals surface area contributed by atoms with Crippen LogP contribution in [-0.2, 0) is 11.2 Å². The van der Waals surface area contributed by atoms with Crippen molar-refractivity contribution in [3.8, 4) is 0 Å². The summed E-state index contributed by atoms with van der Waals surface area (Å²) in [6.07, 6.45) is -8.63. The molecule has 0 aliphatic rings. The molecule has 0 unspecified atom stereocenters. The van der Waals surface area contributed by atoms with Crippen LogP contribution < -0.4 is 10.6 Å². The Morgan fingerprint density at radius 1 is 0.914 bits per heavy atom. The molecular weight excluding hydrogens is 545 g/mol. The van der Waals surface area contributed by atoms with Gasteiger partial charge in [0, 0.05) is 5.56 Å². The van der Waals surface area contributed by atoms with Crippen LogP contribution in [-0.4, -0.2) is 30.7 Å². The second-order valence-electron chi connectivity index (χ2n) is 7.00. The molecule has 188 valence electrons. The Balaban J connectivity index is 2.12. The molecule has 2 amide bonds. The minimum absolute atomic E-state index is 0.00480. The topological polar surface area (TPSA) is 58.2 Å². The van der Waals surface area contributed by atoms with E-state index in [0.717, 1.165) is 18.2 Å². The largest absolute Gasteiger partial charge is 0.416 e. The molecule has 0 aromatic heterocycles. The minimum atomic E-state index is -4.73. The molecule has 4 nitrogen and oxygen atoms in total. The zero-order chi connectivity index (χ0) is 26.6. The number of hydrogen-bond acceptors (Lipinski definition) is 2. The van der Waals surface area contributed by atoms with Crippen LogP contribution in [0.4, 0.5) is 26.3 Å². The molecule has 2 rings (SSSR count).